The van der Waals surface area contributed by atoms with Crippen molar-refractivity contribution in [2.75, 3.05) is 25.4 Å². The van der Waals surface area contributed by atoms with Gasteiger partial charge in [0.1, 0.15) is 12.1 Å². The molecule has 0 radical (unpaired) electrons. The molecule has 0 bridgehead atoms. The fraction of sp³-hybridized carbons (Fsp3) is 0.692. The topological polar surface area (TPSA) is 162 Å². The first-order valence-electron chi connectivity index (χ1n) is 7.39. The molecule has 0 saturated carbocycles. The van der Waals surface area contributed by atoms with Crippen molar-refractivity contribution < 1.29 is 29.4 Å². The van der Waals surface area contributed by atoms with Gasteiger partial charge in [0.05, 0.1) is 19.2 Å². The van der Waals surface area contributed by atoms with Crippen molar-refractivity contribution in [3.05, 3.63) is 0 Å². The largest absolute Gasteiger partial charge is 0.480 e. The van der Waals surface area contributed by atoms with Crippen LogP contribution in [0.4, 0.5) is 0 Å². The molecule has 3 unspecified atom stereocenters. The molecule has 24 heavy (non-hydrogen) atoms. The molecule has 10 nitrogen and oxygen atoms in total. The van der Waals surface area contributed by atoms with E-state index < -0.39 is 55.0 Å². The molecule has 1 aliphatic rings. The van der Waals surface area contributed by atoms with Crippen LogP contribution in [0.25, 0.3) is 0 Å². The second-order valence-corrected chi connectivity index (χ2v) is 5.70. The summed E-state index contributed by atoms with van der Waals surface area (Å²) in [5, 5.41) is 22.7. The number of hydrogen-bond donors (Lipinski definition) is 6. The Bertz CT molecular complexity index is 503. The highest BCUT2D eigenvalue weighted by atomic mass is 32.1. The number of hydrogen-bond acceptors (Lipinski definition) is 7. The first-order chi connectivity index (χ1) is 11.3. The summed E-state index contributed by atoms with van der Waals surface area (Å²) < 4.78 is 0. The summed E-state index contributed by atoms with van der Waals surface area (Å²) in [7, 11) is 0. The van der Waals surface area contributed by atoms with Crippen LogP contribution in [0, 0.1) is 0 Å². The van der Waals surface area contributed by atoms with Crippen molar-refractivity contribution in [2.24, 2.45) is 5.73 Å². The zero-order valence-corrected chi connectivity index (χ0v) is 13.9. The van der Waals surface area contributed by atoms with Crippen LogP contribution in [0.3, 0.4) is 0 Å². The summed E-state index contributed by atoms with van der Waals surface area (Å²) in [5.41, 5.74) is 5.45. The lowest BCUT2D eigenvalue weighted by molar-refractivity contribution is -0.148. The molecular formula is C13H22N4O6S. The lowest BCUT2D eigenvalue weighted by Crippen LogP contribution is -2.55. The minimum atomic E-state index is -1.26. The number of likely N-dealkylation sites (tertiary alicyclic amines) is 1. The van der Waals surface area contributed by atoms with E-state index in [0.29, 0.717) is 19.4 Å². The SMILES string of the molecule is NC(CS)C(=O)NC(CO)C(=O)NCC(=O)N1CCCC1C(=O)O. The fourth-order valence-electron chi connectivity index (χ4n) is 2.27. The Labute approximate surface area is 144 Å². The van der Waals surface area contributed by atoms with Gasteiger partial charge in [-0.1, -0.05) is 0 Å². The number of nitrogens with one attached hydrogen (secondary N) is 2. The highest BCUT2D eigenvalue weighted by Gasteiger charge is 2.34. The molecule has 0 spiro atoms. The Hall–Kier alpha value is -1.85. The number of nitrogens with two attached hydrogens (primary N) is 1. The standard InChI is InChI=1S/C13H22N4O6S/c14-7(6-24)11(20)16-8(5-18)12(21)15-4-10(19)17-3-1-2-9(17)13(22)23/h7-9,18,24H,1-6,14H2,(H,15,21)(H,16,20)(H,22,23). The summed E-state index contributed by atoms with van der Waals surface area (Å²) in [6.07, 6.45) is 0.944. The van der Waals surface area contributed by atoms with Gasteiger partial charge in [0.2, 0.25) is 17.7 Å². The summed E-state index contributed by atoms with van der Waals surface area (Å²) >= 11 is 3.85. The van der Waals surface area contributed by atoms with Gasteiger partial charge in [-0.15, -0.1) is 0 Å². The molecule has 3 atom stereocenters. The number of carbonyl (C=O) groups is 4. The molecule has 1 rings (SSSR count). The Balaban J connectivity index is 2.52. The van der Waals surface area contributed by atoms with E-state index in [2.05, 4.69) is 23.3 Å². The van der Waals surface area contributed by atoms with Crippen LogP contribution in [0.1, 0.15) is 12.8 Å². The molecule has 136 valence electrons. The predicted molar refractivity (Wildman–Crippen MR) is 86.2 cm³/mol. The second-order valence-electron chi connectivity index (χ2n) is 5.33. The molecular weight excluding hydrogens is 340 g/mol. The van der Waals surface area contributed by atoms with Crippen LogP contribution in [-0.2, 0) is 19.2 Å². The Kier molecular flexibility index (Phi) is 7.95. The molecule has 0 aromatic rings. The molecule has 1 fully saturated rings. The molecule has 0 aliphatic carbocycles. The number of carbonyl (C=O) groups excluding carboxylic acids is 3. The third-order valence-electron chi connectivity index (χ3n) is 3.62. The molecule has 0 aromatic heterocycles. The maximum atomic E-state index is 12.0. The van der Waals surface area contributed by atoms with E-state index in [1.54, 1.807) is 0 Å². The highest BCUT2D eigenvalue weighted by molar-refractivity contribution is 7.80. The zero-order chi connectivity index (χ0) is 18.3. The maximum absolute atomic E-state index is 12.0. The van der Waals surface area contributed by atoms with Gasteiger partial charge < -0.3 is 31.5 Å². The van der Waals surface area contributed by atoms with Crippen molar-refractivity contribution in [2.45, 2.75) is 31.0 Å². The number of amides is 3. The summed E-state index contributed by atoms with van der Waals surface area (Å²) in [6, 6.07) is -3.08. The lowest BCUT2D eigenvalue weighted by Gasteiger charge is -2.22. The minimum Gasteiger partial charge on any atom is -0.480 e. The van der Waals surface area contributed by atoms with Gasteiger partial charge >= 0.3 is 5.97 Å². The minimum absolute atomic E-state index is 0.0651. The van der Waals surface area contributed by atoms with Crippen LogP contribution in [-0.4, -0.2) is 82.4 Å². The van der Waals surface area contributed by atoms with Gasteiger partial charge in [0.25, 0.3) is 0 Å². The number of carboxylic acids is 1. The third-order valence-corrected chi connectivity index (χ3v) is 4.01. The van der Waals surface area contributed by atoms with Crippen molar-refractivity contribution >= 4 is 36.3 Å². The monoisotopic (exact) mass is 362 g/mol. The van der Waals surface area contributed by atoms with E-state index in [1.807, 2.05) is 0 Å². The molecule has 1 aliphatic heterocycles. The van der Waals surface area contributed by atoms with E-state index in [-0.39, 0.29) is 5.75 Å². The molecule has 3 amide bonds. The van der Waals surface area contributed by atoms with Crippen LogP contribution in [0.15, 0.2) is 0 Å². The smallest absolute Gasteiger partial charge is 0.326 e. The number of aliphatic hydroxyl groups is 1. The Morgan fingerprint density at radius 3 is 2.50 bits per heavy atom. The van der Waals surface area contributed by atoms with Gasteiger partial charge in [-0.2, -0.15) is 12.6 Å². The molecule has 1 heterocycles. The Morgan fingerprint density at radius 1 is 1.29 bits per heavy atom. The van der Waals surface area contributed by atoms with E-state index >= 15 is 0 Å². The first-order valence-corrected chi connectivity index (χ1v) is 8.02. The summed E-state index contributed by atoms with van der Waals surface area (Å²) in [5.74, 6) is -2.99. The highest BCUT2D eigenvalue weighted by Crippen LogP contribution is 2.17. The van der Waals surface area contributed by atoms with Gasteiger partial charge in [0.15, 0.2) is 0 Å². The number of aliphatic hydroxyl groups excluding tert-OH is 1. The van der Waals surface area contributed by atoms with Crippen LogP contribution in [0.2, 0.25) is 0 Å². The van der Waals surface area contributed by atoms with E-state index in [4.69, 9.17) is 10.8 Å². The van der Waals surface area contributed by atoms with Crippen molar-refractivity contribution in [1.29, 1.82) is 0 Å². The molecule has 11 heteroatoms. The quantitative estimate of drug-likeness (QED) is 0.249. The number of aliphatic carboxylic acids is 1. The number of thiol groups is 1. The number of carboxylic acid groups (broad SMARTS) is 1. The predicted octanol–water partition coefficient (Wildman–Crippen LogP) is -3.09. The van der Waals surface area contributed by atoms with Crippen LogP contribution < -0.4 is 16.4 Å². The van der Waals surface area contributed by atoms with Gasteiger partial charge in [-0.05, 0) is 12.8 Å². The molecule has 1 saturated heterocycles. The number of nitrogens with zero attached hydrogens (tertiary/aromatic N) is 1. The molecule has 0 aromatic carbocycles. The maximum Gasteiger partial charge on any atom is 0.326 e. The van der Waals surface area contributed by atoms with Crippen molar-refractivity contribution in [1.82, 2.24) is 15.5 Å². The van der Waals surface area contributed by atoms with Crippen molar-refractivity contribution in [3.63, 3.8) is 0 Å². The van der Waals surface area contributed by atoms with Crippen LogP contribution in [0.5, 0.6) is 0 Å². The van der Waals surface area contributed by atoms with E-state index in [1.165, 1.54) is 4.90 Å². The third kappa shape index (κ3) is 5.35. The zero-order valence-electron chi connectivity index (χ0n) is 13.0. The fourth-order valence-corrected chi connectivity index (χ4v) is 2.43. The second kappa shape index (κ2) is 9.45. The molecule has 6 N–H and O–H groups in total. The average Bonchev–Trinajstić information content (AvgIpc) is 3.06. The lowest BCUT2D eigenvalue weighted by atomic mass is 10.2. The van der Waals surface area contributed by atoms with Crippen LogP contribution >= 0.6 is 12.6 Å². The number of rotatable bonds is 8. The van der Waals surface area contributed by atoms with Crippen molar-refractivity contribution in [3.8, 4) is 0 Å². The van der Waals surface area contributed by atoms with Gasteiger partial charge in [-0.3, -0.25) is 14.4 Å². The first kappa shape index (κ1) is 20.2. The normalized spacial score (nSPS) is 19.5. The average molecular weight is 362 g/mol. The van der Waals surface area contributed by atoms with Gasteiger partial charge in [0, 0.05) is 12.3 Å². The van der Waals surface area contributed by atoms with E-state index in [0.717, 1.165) is 0 Å². The van der Waals surface area contributed by atoms with E-state index in [9.17, 15) is 24.3 Å². The van der Waals surface area contributed by atoms with Gasteiger partial charge in [-0.25, -0.2) is 4.79 Å². The summed E-state index contributed by atoms with van der Waals surface area (Å²) in [4.78, 5) is 47.8. The Morgan fingerprint density at radius 2 is 1.96 bits per heavy atom. The summed E-state index contributed by atoms with van der Waals surface area (Å²) in [6.45, 7) is -0.789.